The number of thiophene rings is 1. The fraction of sp³-hybridized carbons (Fsp3) is 0.130. The SMILES string of the molecule is COc1cc(/C(O)=C2/C(=O)C(=O)N(c3cccc(C)c3)C2c2cccs2)ccc1Cl. The van der Waals surface area contributed by atoms with Crippen molar-refractivity contribution in [3.05, 3.63) is 86.6 Å². The second kappa shape index (κ2) is 7.97. The summed E-state index contributed by atoms with van der Waals surface area (Å²) in [5.41, 5.74) is 1.94. The normalized spacial score (nSPS) is 18.1. The molecule has 0 radical (unpaired) electrons. The zero-order valence-electron chi connectivity index (χ0n) is 16.3. The Morgan fingerprint density at radius 1 is 1.13 bits per heavy atom. The van der Waals surface area contributed by atoms with E-state index in [0.717, 1.165) is 10.4 Å². The molecule has 152 valence electrons. The Morgan fingerprint density at radius 3 is 2.60 bits per heavy atom. The van der Waals surface area contributed by atoms with Gasteiger partial charge in [-0.3, -0.25) is 14.5 Å². The predicted molar refractivity (Wildman–Crippen MR) is 118 cm³/mol. The van der Waals surface area contributed by atoms with E-state index >= 15 is 0 Å². The standard InChI is InChI=1S/C23H18ClNO4S/c1-13-5-3-6-15(11-13)25-20(18-7-4-10-30-18)19(22(27)23(25)28)21(26)14-8-9-16(24)17(12-14)29-2/h3-12,20,26H,1-2H3/b21-19-. The number of Topliss-reactive ketones (excluding diaryl/α,β-unsaturated/α-hetero) is 1. The fourth-order valence-corrected chi connectivity index (χ4v) is 4.57. The van der Waals surface area contributed by atoms with Gasteiger partial charge in [0.05, 0.1) is 17.7 Å². The number of hydrogen-bond donors (Lipinski definition) is 1. The molecule has 2 aromatic carbocycles. The lowest BCUT2D eigenvalue weighted by atomic mass is 9.99. The van der Waals surface area contributed by atoms with Gasteiger partial charge in [0, 0.05) is 16.1 Å². The molecular weight excluding hydrogens is 422 g/mol. The molecule has 1 aliphatic rings. The zero-order chi connectivity index (χ0) is 21.4. The summed E-state index contributed by atoms with van der Waals surface area (Å²) < 4.78 is 5.22. The summed E-state index contributed by atoms with van der Waals surface area (Å²) in [6.45, 7) is 1.92. The van der Waals surface area contributed by atoms with Crippen molar-refractivity contribution in [1.82, 2.24) is 0 Å². The molecule has 1 saturated heterocycles. The lowest BCUT2D eigenvalue weighted by Crippen LogP contribution is -2.29. The Bertz CT molecular complexity index is 1170. The number of amides is 1. The number of anilines is 1. The average molecular weight is 440 g/mol. The second-order valence-electron chi connectivity index (χ2n) is 6.87. The van der Waals surface area contributed by atoms with Gasteiger partial charge in [-0.1, -0.05) is 29.8 Å². The quantitative estimate of drug-likeness (QED) is 0.338. The number of nitrogens with zero attached hydrogens (tertiary/aromatic N) is 1. The third-order valence-electron chi connectivity index (χ3n) is 4.96. The van der Waals surface area contributed by atoms with Crippen molar-refractivity contribution < 1.29 is 19.4 Å². The van der Waals surface area contributed by atoms with Crippen LogP contribution in [0.25, 0.3) is 5.76 Å². The maximum atomic E-state index is 13.1. The summed E-state index contributed by atoms with van der Waals surface area (Å²) in [4.78, 5) is 28.3. The molecule has 0 aliphatic carbocycles. The van der Waals surface area contributed by atoms with Crippen molar-refractivity contribution in [3.63, 3.8) is 0 Å². The molecule has 2 heterocycles. The summed E-state index contributed by atoms with van der Waals surface area (Å²) in [6, 6.07) is 15.1. The van der Waals surface area contributed by atoms with Crippen LogP contribution in [-0.2, 0) is 9.59 Å². The van der Waals surface area contributed by atoms with E-state index in [4.69, 9.17) is 16.3 Å². The summed E-state index contributed by atoms with van der Waals surface area (Å²) >= 11 is 7.51. The van der Waals surface area contributed by atoms with E-state index in [-0.39, 0.29) is 11.3 Å². The van der Waals surface area contributed by atoms with Crippen LogP contribution < -0.4 is 9.64 Å². The number of aliphatic hydroxyl groups excluding tert-OH is 1. The Balaban J connectivity index is 1.93. The molecule has 1 atom stereocenters. The number of ketones is 1. The highest BCUT2D eigenvalue weighted by molar-refractivity contribution is 7.10. The minimum absolute atomic E-state index is 0.0355. The monoisotopic (exact) mass is 439 g/mol. The number of carbonyl (C=O) groups excluding carboxylic acids is 2. The van der Waals surface area contributed by atoms with Gasteiger partial charge in [0.1, 0.15) is 17.6 Å². The molecular formula is C23H18ClNO4S. The predicted octanol–water partition coefficient (Wildman–Crippen LogP) is 5.34. The second-order valence-corrected chi connectivity index (χ2v) is 8.26. The van der Waals surface area contributed by atoms with Crippen molar-refractivity contribution in [1.29, 1.82) is 0 Å². The number of carbonyl (C=O) groups is 2. The van der Waals surface area contributed by atoms with E-state index in [1.807, 2.05) is 42.6 Å². The van der Waals surface area contributed by atoms with Crippen LogP contribution in [0.4, 0.5) is 5.69 Å². The van der Waals surface area contributed by atoms with Gasteiger partial charge >= 0.3 is 0 Å². The highest BCUT2D eigenvalue weighted by atomic mass is 35.5. The molecule has 0 saturated carbocycles. The number of benzene rings is 2. The van der Waals surface area contributed by atoms with Crippen LogP contribution >= 0.6 is 22.9 Å². The van der Waals surface area contributed by atoms with Crippen LogP contribution in [0, 0.1) is 6.92 Å². The summed E-state index contributed by atoms with van der Waals surface area (Å²) in [5, 5.41) is 13.3. The highest BCUT2D eigenvalue weighted by Gasteiger charge is 2.47. The van der Waals surface area contributed by atoms with Gasteiger partial charge < -0.3 is 9.84 Å². The smallest absolute Gasteiger partial charge is 0.300 e. The molecule has 1 unspecified atom stereocenters. The maximum Gasteiger partial charge on any atom is 0.300 e. The number of ether oxygens (including phenoxy) is 1. The maximum absolute atomic E-state index is 13.1. The zero-order valence-corrected chi connectivity index (χ0v) is 17.8. The lowest BCUT2D eigenvalue weighted by Gasteiger charge is -2.24. The molecule has 1 aromatic heterocycles. The molecule has 1 fully saturated rings. The molecule has 1 amide bonds. The summed E-state index contributed by atoms with van der Waals surface area (Å²) in [7, 11) is 1.47. The van der Waals surface area contributed by atoms with Crippen molar-refractivity contribution in [3.8, 4) is 5.75 Å². The van der Waals surface area contributed by atoms with E-state index in [1.165, 1.54) is 23.3 Å². The fourth-order valence-electron chi connectivity index (χ4n) is 3.56. The van der Waals surface area contributed by atoms with Crippen molar-refractivity contribution in [2.24, 2.45) is 0 Å². The van der Waals surface area contributed by atoms with Crippen LogP contribution in [0.3, 0.4) is 0 Å². The molecule has 3 aromatic rings. The Morgan fingerprint density at radius 2 is 1.93 bits per heavy atom. The van der Waals surface area contributed by atoms with E-state index < -0.39 is 17.7 Å². The third kappa shape index (κ3) is 3.38. The lowest BCUT2D eigenvalue weighted by molar-refractivity contribution is -0.132. The van der Waals surface area contributed by atoms with Gasteiger partial charge in [-0.2, -0.15) is 0 Å². The van der Waals surface area contributed by atoms with Gasteiger partial charge in [-0.25, -0.2) is 0 Å². The topological polar surface area (TPSA) is 66.8 Å². The van der Waals surface area contributed by atoms with Crippen LogP contribution in [0.15, 0.2) is 65.6 Å². The number of rotatable bonds is 4. The van der Waals surface area contributed by atoms with Gasteiger partial charge in [-0.05, 0) is 54.3 Å². The highest BCUT2D eigenvalue weighted by Crippen LogP contribution is 2.44. The first-order valence-electron chi connectivity index (χ1n) is 9.17. The molecule has 30 heavy (non-hydrogen) atoms. The van der Waals surface area contributed by atoms with Gasteiger partial charge in [0.2, 0.25) is 0 Å². The number of aliphatic hydroxyl groups is 1. The molecule has 4 rings (SSSR count). The Hall–Kier alpha value is -3.09. The van der Waals surface area contributed by atoms with Gasteiger partial charge in [0.15, 0.2) is 0 Å². The van der Waals surface area contributed by atoms with Crippen molar-refractivity contribution in [2.45, 2.75) is 13.0 Å². The van der Waals surface area contributed by atoms with Gasteiger partial charge in [0.25, 0.3) is 11.7 Å². The van der Waals surface area contributed by atoms with Gasteiger partial charge in [-0.15, -0.1) is 11.3 Å². The molecule has 5 nitrogen and oxygen atoms in total. The molecule has 1 aliphatic heterocycles. The van der Waals surface area contributed by atoms with E-state index in [1.54, 1.807) is 24.3 Å². The number of hydrogen-bond acceptors (Lipinski definition) is 5. The Labute approximate surface area is 182 Å². The summed E-state index contributed by atoms with van der Waals surface area (Å²) in [5.74, 6) is -1.32. The van der Waals surface area contributed by atoms with Crippen molar-refractivity contribution >= 4 is 46.1 Å². The average Bonchev–Trinajstić information content (AvgIpc) is 3.35. The van der Waals surface area contributed by atoms with Crippen LogP contribution in [0.2, 0.25) is 5.02 Å². The van der Waals surface area contributed by atoms with E-state index in [9.17, 15) is 14.7 Å². The van der Waals surface area contributed by atoms with Crippen LogP contribution in [-0.4, -0.2) is 23.9 Å². The Kier molecular flexibility index (Phi) is 5.37. The largest absolute Gasteiger partial charge is 0.507 e. The molecule has 0 spiro atoms. The number of aryl methyl sites for hydroxylation is 1. The van der Waals surface area contributed by atoms with E-state index in [0.29, 0.717) is 22.0 Å². The van der Waals surface area contributed by atoms with Crippen molar-refractivity contribution in [2.75, 3.05) is 12.0 Å². The van der Waals surface area contributed by atoms with E-state index in [2.05, 4.69) is 0 Å². The summed E-state index contributed by atoms with van der Waals surface area (Å²) in [6.07, 6.45) is 0. The minimum Gasteiger partial charge on any atom is -0.507 e. The third-order valence-corrected chi connectivity index (χ3v) is 6.20. The minimum atomic E-state index is -0.735. The first-order chi connectivity index (χ1) is 14.4. The molecule has 1 N–H and O–H groups in total. The molecule has 0 bridgehead atoms. The number of halogens is 1. The first-order valence-corrected chi connectivity index (χ1v) is 10.4. The molecule has 7 heteroatoms. The number of methoxy groups -OCH3 is 1. The first kappa shape index (κ1) is 20.2. The van der Waals surface area contributed by atoms with Crippen LogP contribution in [0.1, 0.15) is 22.0 Å². The van der Waals surface area contributed by atoms with Crippen LogP contribution in [0.5, 0.6) is 5.75 Å².